The van der Waals surface area contributed by atoms with Crippen LogP contribution in [0.3, 0.4) is 0 Å². The van der Waals surface area contributed by atoms with E-state index in [1.165, 1.54) is 9.80 Å². The Morgan fingerprint density at radius 1 is 0.840 bits per heavy atom. The molecule has 1 saturated carbocycles. The number of amides is 3. The maximum absolute atomic E-state index is 12.8. The van der Waals surface area contributed by atoms with E-state index < -0.39 is 6.09 Å². The predicted octanol–water partition coefficient (Wildman–Crippen LogP) is 6.16. The van der Waals surface area contributed by atoms with Crippen LogP contribution in [0.2, 0.25) is 0 Å². The molecule has 0 spiro atoms. The monoisotopic (exact) mass is 675 g/mol. The van der Waals surface area contributed by atoms with E-state index in [0.717, 1.165) is 28.3 Å². The molecule has 0 bridgehead atoms. The topological polar surface area (TPSA) is 125 Å². The fraction of sp³-hybridized carbons (Fsp3) is 0.359. The zero-order chi connectivity index (χ0) is 35.2. The first-order valence-electron chi connectivity index (χ1n) is 17.0. The third-order valence-corrected chi connectivity index (χ3v) is 10.2. The molecule has 1 aliphatic carbocycles. The lowest BCUT2D eigenvalue weighted by atomic mass is 9.78. The minimum atomic E-state index is -0.908. The van der Waals surface area contributed by atoms with Crippen molar-refractivity contribution < 1.29 is 29.0 Å². The number of piperazine rings is 1. The van der Waals surface area contributed by atoms with Crippen molar-refractivity contribution in [3.05, 3.63) is 113 Å². The summed E-state index contributed by atoms with van der Waals surface area (Å²) in [6.45, 7) is 9.48. The zero-order valence-corrected chi connectivity index (χ0v) is 28.7. The molecule has 1 N–H and O–H groups in total. The van der Waals surface area contributed by atoms with Crippen LogP contribution in [0, 0.1) is 0 Å². The van der Waals surface area contributed by atoms with Crippen molar-refractivity contribution in [2.75, 3.05) is 18.0 Å². The Morgan fingerprint density at radius 2 is 1.40 bits per heavy atom. The molecule has 2 atom stereocenters. The van der Waals surface area contributed by atoms with Gasteiger partial charge in [0.2, 0.25) is 5.95 Å². The quantitative estimate of drug-likeness (QED) is 0.208. The highest BCUT2D eigenvalue weighted by Crippen LogP contribution is 2.37. The number of carboxylic acid groups (broad SMARTS) is 1. The van der Waals surface area contributed by atoms with Crippen LogP contribution in [0.25, 0.3) is 0 Å². The molecular weight excluding hydrogens is 634 g/mol. The van der Waals surface area contributed by atoms with E-state index >= 15 is 0 Å². The third kappa shape index (κ3) is 6.23. The smallest absolute Gasteiger partial charge is 0.407 e. The molecule has 3 amide bonds. The minimum absolute atomic E-state index is 0.0494. The summed E-state index contributed by atoms with van der Waals surface area (Å²) in [6, 6.07) is 24.5. The van der Waals surface area contributed by atoms with Gasteiger partial charge in [-0.25, -0.2) is 14.8 Å². The first-order valence-corrected chi connectivity index (χ1v) is 17.0. The molecule has 4 aromatic rings. The molecule has 2 aliphatic heterocycles. The molecule has 258 valence electrons. The Hall–Kier alpha value is -5.45. The molecule has 0 radical (unpaired) electrons. The number of hydrogen-bond acceptors (Lipinski definition) is 8. The maximum Gasteiger partial charge on any atom is 0.407 e. The number of benzene rings is 3. The second-order valence-corrected chi connectivity index (χ2v) is 14.0. The number of carbonyl (C=O) groups is 3. The van der Waals surface area contributed by atoms with Crippen molar-refractivity contribution in [2.24, 2.45) is 0 Å². The van der Waals surface area contributed by atoms with Gasteiger partial charge in [-0.15, -0.1) is 0 Å². The van der Waals surface area contributed by atoms with E-state index in [1.807, 2.05) is 49.1 Å². The van der Waals surface area contributed by atoms with Crippen LogP contribution >= 0.6 is 0 Å². The van der Waals surface area contributed by atoms with Crippen LogP contribution in [0.5, 0.6) is 11.5 Å². The van der Waals surface area contributed by atoms with Gasteiger partial charge in [0.1, 0.15) is 24.2 Å². The molecule has 1 saturated heterocycles. The van der Waals surface area contributed by atoms with Crippen molar-refractivity contribution >= 4 is 23.9 Å². The van der Waals surface area contributed by atoms with Gasteiger partial charge < -0.3 is 19.5 Å². The highest BCUT2D eigenvalue weighted by atomic mass is 16.5. The number of aromatic nitrogens is 2. The van der Waals surface area contributed by atoms with Gasteiger partial charge >= 0.3 is 6.09 Å². The van der Waals surface area contributed by atoms with E-state index in [1.54, 1.807) is 30.5 Å². The van der Waals surface area contributed by atoms with E-state index in [4.69, 9.17) is 14.5 Å². The minimum Gasteiger partial charge on any atom is -0.490 e. The van der Waals surface area contributed by atoms with Crippen molar-refractivity contribution in [2.45, 2.75) is 76.8 Å². The van der Waals surface area contributed by atoms with Crippen LogP contribution < -0.4 is 14.4 Å². The van der Waals surface area contributed by atoms with Gasteiger partial charge in [0.05, 0.1) is 28.9 Å². The number of hydrogen-bond donors (Lipinski definition) is 1. The SMILES string of the molecule is C[C@@H]1CN(c2nccc(COc3ccc(C(C)(C)c4ccc(OC5CC(N6C(=O)c7ccccc7C6=O)C5)cc4)cc3)n2)C[C@H](C)N1C(=O)O. The molecule has 50 heavy (non-hydrogen) atoms. The van der Waals surface area contributed by atoms with Crippen molar-refractivity contribution in [3.8, 4) is 11.5 Å². The highest BCUT2D eigenvalue weighted by Gasteiger charge is 2.45. The lowest BCUT2D eigenvalue weighted by Gasteiger charge is -2.42. The third-order valence-electron chi connectivity index (χ3n) is 10.2. The van der Waals surface area contributed by atoms with Crippen LogP contribution in [0.4, 0.5) is 10.7 Å². The number of nitrogens with zero attached hydrogens (tertiary/aromatic N) is 5. The normalized spacial score (nSPS) is 21.9. The Morgan fingerprint density at radius 3 is 1.96 bits per heavy atom. The Bertz CT molecular complexity index is 1860. The number of carbonyl (C=O) groups excluding carboxylic acids is 2. The molecule has 2 fully saturated rings. The number of rotatable bonds is 9. The average molecular weight is 676 g/mol. The molecule has 11 nitrogen and oxygen atoms in total. The van der Waals surface area contributed by atoms with E-state index in [9.17, 15) is 19.5 Å². The summed E-state index contributed by atoms with van der Waals surface area (Å²) in [6.07, 6.45) is 2.00. The second-order valence-electron chi connectivity index (χ2n) is 14.0. The number of anilines is 1. The van der Waals surface area contributed by atoms with E-state index in [2.05, 4.69) is 43.1 Å². The predicted molar refractivity (Wildman–Crippen MR) is 187 cm³/mol. The van der Waals surface area contributed by atoms with E-state index in [-0.39, 0.29) is 48.1 Å². The standard InChI is InChI=1S/C39H41N5O6/c1-24-21-42(22-25(2)43(24)38(47)48)37-40-18-17-28(41-37)23-49-30-13-9-26(10-14-30)39(3,4)27-11-15-31(16-12-27)50-32-19-29(20-32)44-35(45)33-7-5-6-8-34(33)36(44)46/h5-18,24-25,29,32H,19-23H2,1-4H3,(H,47,48)/t24-,25+,29?,32?. The van der Waals surface area contributed by atoms with Crippen LogP contribution in [-0.4, -0.2) is 80.1 Å². The van der Waals surface area contributed by atoms with Gasteiger partial charge in [0.15, 0.2) is 0 Å². The summed E-state index contributed by atoms with van der Waals surface area (Å²) in [5, 5.41) is 9.53. The van der Waals surface area contributed by atoms with Crippen molar-refractivity contribution in [1.29, 1.82) is 0 Å². The second kappa shape index (κ2) is 13.1. The maximum atomic E-state index is 12.8. The van der Waals surface area contributed by atoms with E-state index in [0.29, 0.717) is 43.0 Å². The van der Waals surface area contributed by atoms with Crippen LogP contribution in [0.15, 0.2) is 85.1 Å². The summed E-state index contributed by atoms with van der Waals surface area (Å²) >= 11 is 0. The largest absolute Gasteiger partial charge is 0.490 e. The molecule has 0 unspecified atom stereocenters. The summed E-state index contributed by atoms with van der Waals surface area (Å²) in [7, 11) is 0. The molecule has 3 heterocycles. The van der Waals surface area contributed by atoms with Gasteiger partial charge in [0.25, 0.3) is 11.8 Å². The lowest BCUT2D eigenvalue weighted by Crippen LogP contribution is -2.58. The average Bonchev–Trinajstić information content (AvgIpc) is 3.34. The Balaban J connectivity index is 0.915. The fourth-order valence-corrected chi connectivity index (χ4v) is 7.30. The van der Waals surface area contributed by atoms with Gasteiger partial charge in [-0.3, -0.25) is 19.4 Å². The first kappa shape index (κ1) is 33.1. The van der Waals surface area contributed by atoms with Gasteiger partial charge in [-0.1, -0.05) is 50.2 Å². The zero-order valence-electron chi connectivity index (χ0n) is 28.7. The van der Waals surface area contributed by atoms with Crippen LogP contribution in [-0.2, 0) is 12.0 Å². The van der Waals surface area contributed by atoms with Crippen LogP contribution in [0.1, 0.15) is 78.1 Å². The molecule has 7 rings (SSSR count). The van der Waals surface area contributed by atoms with Gasteiger partial charge in [0, 0.05) is 43.6 Å². The Labute approximate surface area is 291 Å². The van der Waals surface area contributed by atoms with Gasteiger partial charge in [-0.2, -0.15) is 0 Å². The highest BCUT2D eigenvalue weighted by molar-refractivity contribution is 6.21. The fourth-order valence-electron chi connectivity index (χ4n) is 7.30. The summed E-state index contributed by atoms with van der Waals surface area (Å²) < 4.78 is 12.3. The lowest BCUT2D eigenvalue weighted by molar-refractivity contribution is 0.0198. The molecule has 11 heteroatoms. The molecule has 3 aliphatic rings. The molecule has 1 aromatic heterocycles. The van der Waals surface area contributed by atoms with Gasteiger partial charge in [-0.05, 0) is 67.4 Å². The number of fused-ring (bicyclic) bond motifs is 1. The summed E-state index contributed by atoms with van der Waals surface area (Å²) in [5.74, 6) is 1.64. The molecule has 3 aromatic carbocycles. The number of imide groups is 1. The number of ether oxygens (including phenoxy) is 2. The molecular formula is C39H41N5O6. The van der Waals surface area contributed by atoms with Crippen molar-refractivity contribution in [1.82, 2.24) is 19.8 Å². The first-order chi connectivity index (χ1) is 24.0. The summed E-state index contributed by atoms with van der Waals surface area (Å²) in [5.41, 5.74) is 3.70. The summed E-state index contributed by atoms with van der Waals surface area (Å²) in [4.78, 5) is 51.3. The van der Waals surface area contributed by atoms with Crippen molar-refractivity contribution in [3.63, 3.8) is 0 Å². The Kier molecular flexibility index (Phi) is 8.67.